The molecule has 1 aliphatic carbocycles. The Morgan fingerprint density at radius 3 is 2.86 bits per heavy atom. The number of aliphatic hydroxyl groups excluding tert-OH is 1. The molecule has 5 rings (SSSR count). The van der Waals surface area contributed by atoms with E-state index in [0.717, 1.165) is 71.1 Å². The highest BCUT2D eigenvalue weighted by molar-refractivity contribution is 5.97. The lowest BCUT2D eigenvalue weighted by molar-refractivity contribution is -0.128. The second-order valence-corrected chi connectivity index (χ2v) is 9.95. The molecule has 182 valence electrons. The molecule has 6 nitrogen and oxygen atoms in total. The van der Waals surface area contributed by atoms with Gasteiger partial charge in [-0.2, -0.15) is 0 Å². The second kappa shape index (κ2) is 10.1. The smallest absolute Gasteiger partial charge is 0.251 e. The number of nitrogens with zero attached hydrogens (tertiary/aromatic N) is 3. The molecule has 0 radical (unpaired) electrons. The zero-order valence-electron chi connectivity index (χ0n) is 20.6. The van der Waals surface area contributed by atoms with Crippen LogP contribution in [0.25, 0.3) is 16.3 Å². The predicted octanol–water partition coefficient (Wildman–Crippen LogP) is 4.37. The number of aromatic nitrogens is 1. The highest BCUT2D eigenvalue weighted by Gasteiger charge is 2.26. The van der Waals surface area contributed by atoms with Crippen LogP contribution in [0.3, 0.4) is 0 Å². The summed E-state index contributed by atoms with van der Waals surface area (Å²) in [5, 5.41) is 15.8. The molecule has 0 bridgehead atoms. The minimum absolute atomic E-state index is 0.0991. The normalized spacial score (nSPS) is 21.0. The molecule has 0 saturated carbocycles. The Bertz CT molecular complexity index is 1230. The third kappa shape index (κ3) is 5.03. The maximum absolute atomic E-state index is 13.0. The summed E-state index contributed by atoms with van der Waals surface area (Å²) < 4.78 is 0. The van der Waals surface area contributed by atoms with Crippen molar-refractivity contribution in [1.82, 2.24) is 14.8 Å². The molecule has 1 aromatic heterocycles. The molecule has 2 N–H and O–H groups in total. The third-order valence-electron chi connectivity index (χ3n) is 7.41. The lowest BCUT2D eigenvalue weighted by Crippen LogP contribution is -2.44. The number of hydrogen-bond acceptors (Lipinski definition) is 5. The molecule has 1 aromatic carbocycles. The van der Waals surface area contributed by atoms with Gasteiger partial charge in [0.25, 0.3) is 5.91 Å². The Morgan fingerprint density at radius 1 is 1.26 bits per heavy atom. The van der Waals surface area contributed by atoms with Crippen molar-refractivity contribution in [3.8, 4) is 0 Å². The van der Waals surface area contributed by atoms with Crippen LogP contribution >= 0.6 is 0 Å². The number of allylic oxidation sites excluding steroid dienone is 5. The van der Waals surface area contributed by atoms with Gasteiger partial charge in [0.2, 0.25) is 0 Å². The Labute approximate surface area is 207 Å². The van der Waals surface area contributed by atoms with Crippen LogP contribution in [-0.4, -0.2) is 65.1 Å². The first-order valence-corrected chi connectivity index (χ1v) is 12.5. The topological polar surface area (TPSA) is 68.7 Å². The van der Waals surface area contributed by atoms with Crippen molar-refractivity contribution < 1.29 is 9.90 Å². The summed E-state index contributed by atoms with van der Waals surface area (Å²) in [6.07, 6.45) is 16.8. The van der Waals surface area contributed by atoms with Crippen molar-refractivity contribution in [2.75, 3.05) is 38.6 Å². The van der Waals surface area contributed by atoms with E-state index < -0.39 is 0 Å². The Hall–Kier alpha value is -3.38. The SMILES string of the molecule is CC1CC=C(c2cc(NC3CCN(C(=O)C4=CC=CN(C)C4)CC3)c3cnccc3c2)C=C1CO. The molecule has 1 saturated heterocycles. The quantitative estimate of drug-likeness (QED) is 0.679. The van der Waals surface area contributed by atoms with E-state index in [2.05, 4.69) is 47.6 Å². The van der Waals surface area contributed by atoms with Crippen molar-refractivity contribution in [1.29, 1.82) is 0 Å². The van der Waals surface area contributed by atoms with Crippen LogP contribution in [0.15, 0.2) is 72.2 Å². The van der Waals surface area contributed by atoms with Crippen molar-refractivity contribution in [2.24, 2.45) is 5.92 Å². The monoisotopic (exact) mass is 470 g/mol. The number of pyridine rings is 1. The first-order valence-electron chi connectivity index (χ1n) is 12.5. The average Bonchev–Trinajstić information content (AvgIpc) is 2.89. The molecule has 1 atom stereocenters. The zero-order chi connectivity index (χ0) is 24.4. The lowest BCUT2D eigenvalue weighted by atomic mass is 9.87. The molecule has 3 heterocycles. The Kier molecular flexibility index (Phi) is 6.73. The summed E-state index contributed by atoms with van der Waals surface area (Å²) in [6.45, 7) is 4.43. The number of hydrogen-bond donors (Lipinski definition) is 2. The van der Waals surface area contributed by atoms with Crippen molar-refractivity contribution in [3.05, 3.63) is 77.8 Å². The summed E-state index contributed by atoms with van der Waals surface area (Å²) in [5.74, 6) is 0.529. The minimum atomic E-state index is 0.0991. The lowest BCUT2D eigenvalue weighted by Gasteiger charge is -2.34. The predicted molar refractivity (Wildman–Crippen MR) is 142 cm³/mol. The van der Waals surface area contributed by atoms with E-state index in [9.17, 15) is 9.90 Å². The molecule has 1 fully saturated rings. The average molecular weight is 471 g/mol. The fraction of sp³-hybridized carbons (Fsp3) is 0.379. The number of likely N-dealkylation sites (tertiary alicyclic amines) is 1. The van der Waals surface area contributed by atoms with Gasteiger partial charge in [-0.3, -0.25) is 9.78 Å². The number of fused-ring (bicyclic) bond motifs is 1. The van der Waals surface area contributed by atoms with E-state index in [1.165, 1.54) is 0 Å². The summed E-state index contributed by atoms with van der Waals surface area (Å²) in [7, 11) is 1.99. The van der Waals surface area contributed by atoms with Crippen LogP contribution in [-0.2, 0) is 4.79 Å². The summed E-state index contributed by atoms with van der Waals surface area (Å²) in [4.78, 5) is 21.4. The van der Waals surface area contributed by atoms with E-state index in [4.69, 9.17) is 0 Å². The van der Waals surface area contributed by atoms with E-state index in [-0.39, 0.29) is 12.5 Å². The molecule has 2 aliphatic heterocycles. The van der Waals surface area contributed by atoms with Crippen LogP contribution < -0.4 is 5.32 Å². The molecule has 3 aliphatic rings. The maximum Gasteiger partial charge on any atom is 0.251 e. The van der Waals surface area contributed by atoms with E-state index in [1.807, 2.05) is 47.6 Å². The van der Waals surface area contributed by atoms with Crippen molar-refractivity contribution >= 4 is 27.9 Å². The largest absolute Gasteiger partial charge is 0.392 e. The van der Waals surface area contributed by atoms with E-state index in [0.29, 0.717) is 18.5 Å². The number of aliphatic hydroxyl groups is 1. The standard InChI is InChI=1S/C29H34N4O2/c1-20-5-6-21(14-25(20)19-34)24-15-22-7-10-30-17-27(22)28(16-24)31-26-8-12-33(13-9-26)29(35)23-4-3-11-32(2)18-23/h3-4,6-7,10-11,14-17,20,26,31,34H,5,8-9,12-13,18-19H2,1-2H3. The van der Waals surface area contributed by atoms with E-state index >= 15 is 0 Å². The second-order valence-electron chi connectivity index (χ2n) is 9.95. The molecular formula is C29H34N4O2. The highest BCUT2D eigenvalue weighted by Crippen LogP contribution is 2.34. The van der Waals surface area contributed by atoms with Gasteiger partial charge in [-0.15, -0.1) is 0 Å². The van der Waals surface area contributed by atoms with Crippen LogP contribution in [0, 0.1) is 5.92 Å². The number of amides is 1. The minimum Gasteiger partial charge on any atom is -0.392 e. The number of anilines is 1. The number of nitrogens with one attached hydrogen (secondary N) is 1. The molecule has 2 aromatic rings. The number of benzene rings is 1. The third-order valence-corrected chi connectivity index (χ3v) is 7.41. The highest BCUT2D eigenvalue weighted by atomic mass is 16.3. The molecular weight excluding hydrogens is 436 g/mol. The molecule has 0 spiro atoms. The molecule has 6 heteroatoms. The molecule has 1 unspecified atom stereocenters. The van der Waals surface area contributed by atoms with Crippen LogP contribution in [0.2, 0.25) is 0 Å². The van der Waals surface area contributed by atoms with Gasteiger partial charge in [-0.25, -0.2) is 0 Å². The fourth-order valence-corrected chi connectivity index (χ4v) is 5.21. The number of carbonyl (C=O) groups is 1. The van der Waals surface area contributed by atoms with Crippen molar-refractivity contribution in [3.63, 3.8) is 0 Å². The van der Waals surface area contributed by atoms with Crippen LogP contribution in [0.4, 0.5) is 5.69 Å². The van der Waals surface area contributed by atoms with Gasteiger partial charge in [0, 0.05) is 61.8 Å². The van der Waals surface area contributed by atoms with Crippen LogP contribution in [0.5, 0.6) is 0 Å². The van der Waals surface area contributed by atoms with Crippen molar-refractivity contribution in [2.45, 2.75) is 32.2 Å². The summed E-state index contributed by atoms with van der Waals surface area (Å²) in [5.41, 5.74) is 5.33. The van der Waals surface area contributed by atoms with Gasteiger partial charge in [-0.1, -0.05) is 25.2 Å². The number of piperidine rings is 1. The summed E-state index contributed by atoms with van der Waals surface area (Å²) >= 11 is 0. The number of carbonyl (C=O) groups excluding carboxylic acids is 1. The van der Waals surface area contributed by atoms with Gasteiger partial charge in [0.05, 0.1) is 6.61 Å². The van der Waals surface area contributed by atoms with Gasteiger partial charge in [0.1, 0.15) is 0 Å². The van der Waals surface area contributed by atoms with Gasteiger partial charge >= 0.3 is 0 Å². The first-order chi connectivity index (χ1) is 17.0. The zero-order valence-corrected chi connectivity index (χ0v) is 20.6. The number of rotatable bonds is 5. The first kappa shape index (κ1) is 23.4. The van der Waals surface area contributed by atoms with Gasteiger partial charge < -0.3 is 20.2 Å². The Balaban J connectivity index is 1.33. The maximum atomic E-state index is 13.0. The van der Waals surface area contributed by atoms with Gasteiger partial charge in [-0.05, 0) is 77.8 Å². The van der Waals surface area contributed by atoms with Gasteiger partial charge in [0.15, 0.2) is 0 Å². The van der Waals surface area contributed by atoms with Crippen LogP contribution in [0.1, 0.15) is 31.7 Å². The summed E-state index contributed by atoms with van der Waals surface area (Å²) in [6, 6.07) is 6.77. The van der Waals surface area contributed by atoms with E-state index in [1.54, 1.807) is 0 Å². The number of likely N-dealkylation sites (N-methyl/N-ethyl adjacent to an activating group) is 1. The Morgan fingerprint density at radius 2 is 2.09 bits per heavy atom. The molecule has 1 amide bonds. The molecule has 35 heavy (non-hydrogen) atoms. The fourth-order valence-electron chi connectivity index (χ4n) is 5.21.